The Labute approximate surface area is 305 Å². The van der Waals surface area contributed by atoms with Crippen LogP contribution in [0.15, 0.2) is 51.7 Å². The molecule has 3 unspecified atom stereocenters. The number of ether oxygens (including phenoxy) is 3. The molecule has 2 fully saturated rings. The van der Waals surface area contributed by atoms with E-state index in [4.69, 9.17) is 28.5 Å². The average molecular weight is 735 g/mol. The number of fused-ring (bicyclic) bond motifs is 1. The Morgan fingerprint density at radius 3 is 2.20 bits per heavy atom. The summed E-state index contributed by atoms with van der Waals surface area (Å²) in [6, 6.07) is 2.31. The highest BCUT2D eigenvalue weighted by Gasteiger charge is 2.58. The van der Waals surface area contributed by atoms with Crippen molar-refractivity contribution in [2.45, 2.75) is 162 Å². The molecule has 0 spiro atoms. The molecule has 11 nitrogen and oxygen atoms in total. The maximum Gasteiger partial charge on any atom is 0.333 e. The van der Waals surface area contributed by atoms with Crippen molar-refractivity contribution in [1.29, 1.82) is 5.26 Å². The molecule has 0 amide bonds. The minimum Gasteiger partial charge on any atom is -0.346 e. The van der Waals surface area contributed by atoms with Crippen molar-refractivity contribution in [3.8, 4) is 6.07 Å². The molecule has 13 heteroatoms. The number of allylic oxidation sites excluding steroid dienone is 6. The summed E-state index contributed by atoms with van der Waals surface area (Å²) in [5.74, 6) is -1.96. The van der Waals surface area contributed by atoms with Crippen LogP contribution in [-0.4, -0.2) is 63.2 Å². The molecule has 0 aliphatic carbocycles. The molecule has 0 radical (unpaired) electrons. The maximum atomic E-state index is 15.3. The molecule has 51 heavy (non-hydrogen) atoms. The monoisotopic (exact) mass is 734 g/mol. The summed E-state index contributed by atoms with van der Waals surface area (Å²) in [4.78, 5) is 26.7. The second kappa shape index (κ2) is 21.3. The average Bonchev–Trinajstić information content (AvgIpc) is 3.59. The second-order valence-electron chi connectivity index (χ2n) is 13.9. The molecule has 3 rings (SSSR count). The van der Waals surface area contributed by atoms with Crippen molar-refractivity contribution < 1.29 is 27.6 Å². The van der Waals surface area contributed by atoms with Crippen LogP contribution >= 0.6 is 8.53 Å². The molecule has 2 aliphatic heterocycles. The zero-order chi connectivity index (χ0) is 37.6. The third-order valence-electron chi connectivity index (χ3n) is 8.70. The largest absolute Gasteiger partial charge is 0.346 e. The first-order valence-corrected chi connectivity index (χ1v) is 19.7. The van der Waals surface area contributed by atoms with Gasteiger partial charge >= 0.3 is 5.69 Å². The van der Waals surface area contributed by atoms with Crippen molar-refractivity contribution in [3.63, 3.8) is 0 Å². The smallest absolute Gasteiger partial charge is 0.333 e. The van der Waals surface area contributed by atoms with Crippen molar-refractivity contribution >= 4 is 8.53 Å². The Morgan fingerprint density at radius 2 is 1.61 bits per heavy atom. The van der Waals surface area contributed by atoms with Crippen molar-refractivity contribution in [2.24, 2.45) is 0 Å². The minimum atomic E-state index is -1.58. The normalized spacial score (nSPS) is 22.1. The first-order valence-electron chi connectivity index (χ1n) is 18.6. The predicted octanol–water partition coefficient (Wildman–Crippen LogP) is 8.06. The Hall–Kier alpha value is -2.49. The Balaban J connectivity index is 1.86. The predicted molar refractivity (Wildman–Crippen MR) is 198 cm³/mol. The van der Waals surface area contributed by atoms with E-state index in [1.54, 1.807) is 6.08 Å². The summed E-state index contributed by atoms with van der Waals surface area (Å²) < 4.78 is 51.6. The lowest BCUT2D eigenvalue weighted by Crippen LogP contribution is -2.44. The van der Waals surface area contributed by atoms with Gasteiger partial charge in [0.2, 0.25) is 5.82 Å². The molecule has 0 N–H and O–H groups in total. The molecule has 5 atom stereocenters. The molecule has 0 bridgehead atoms. The Kier molecular flexibility index (Phi) is 17.9. The van der Waals surface area contributed by atoms with Crippen LogP contribution in [0.2, 0.25) is 0 Å². The van der Waals surface area contributed by atoms with Crippen LogP contribution in [0.5, 0.6) is 0 Å². The van der Waals surface area contributed by atoms with Gasteiger partial charge in [-0.05, 0) is 67.2 Å². The summed E-state index contributed by atoms with van der Waals surface area (Å²) in [6.45, 7) is 16.7. The van der Waals surface area contributed by atoms with Gasteiger partial charge in [0.15, 0.2) is 12.0 Å². The van der Waals surface area contributed by atoms with Gasteiger partial charge < -0.3 is 23.3 Å². The number of unbranched alkanes of at least 4 members (excludes halogenated alkanes) is 2. The van der Waals surface area contributed by atoms with Crippen LogP contribution in [-0.2, 0) is 29.8 Å². The molecule has 2 saturated heterocycles. The van der Waals surface area contributed by atoms with Crippen LogP contribution in [0, 0.1) is 17.1 Å². The van der Waals surface area contributed by atoms with E-state index in [1.165, 1.54) is 5.57 Å². The molecule has 1 aromatic heterocycles. The Bertz CT molecular complexity index is 1470. The SMILES string of the molecule is CCCC1(CCC)OC2C(O1)[C@@H](COP(OCCC#N)N(C(C)C)C(C)C)O[C@H]2n1cc(F)c(=O)n(C/C=C/CC/C=C/CCC=C(C)C)c1=O. The van der Waals surface area contributed by atoms with Crippen molar-refractivity contribution in [2.75, 3.05) is 13.2 Å². The summed E-state index contributed by atoms with van der Waals surface area (Å²) in [5.41, 5.74) is -0.387. The summed E-state index contributed by atoms with van der Waals surface area (Å²) in [7, 11) is -1.58. The highest BCUT2D eigenvalue weighted by atomic mass is 31.2. The quantitative estimate of drug-likeness (QED) is 0.0663. The van der Waals surface area contributed by atoms with Crippen LogP contribution < -0.4 is 11.2 Å². The first kappa shape index (κ1) is 42.9. The van der Waals surface area contributed by atoms with Crippen LogP contribution in [0.4, 0.5) is 4.39 Å². The second-order valence-corrected chi connectivity index (χ2v) is 15.4. The van der Waals surface area contributed by atoms with E-state index in [0.29, 0.717) is 12.8 Å². The lowest BCUT2D eigenvalue weighted by Gasteiger charge is -2.36. The number of halogens is 1. The van der Waals surface area contributed by atoms with E-state index in [2.05, 4.69) is 84.4 Å². The van der Waals surface area contributed by atoms with Crippen LogP contribution in [0.25, 0.3) is 0 Å². The van der Waals surface area contributed by atoms with E-state index in [1.807, 2.05) is 6.08 Å². The summed E-state index contributed by atoms with van der Waals surface area (Å²) >= 11 is 0. The fourth-order valence-electron chi connectivity index (χ4n) is 6.56. The standard InChI is InChI=1S/C38H60FN4O7P/c1-9-21-38(22-10-2)49-33-32(27-47-51(46-25-19-23-40)43(29(5)6)30(7)8)48-36(34(33)50-38)42-26-31(39)35(44)41(37(42)45)24-18-16-14-12-11-13-15-17-20-28(3)4/h11,13,16,18,20,26,29-30,32-34,36H,9-10,12,14-15,17,19,21-22,24-25,27H2,1-8H3/b13-11+,18-16+/t32-,33?,34?,36-,51?/m1/s1. The molecule has 286 valence electrons. The molecule has 0 aromatic carbocycles. The van der Waals surface area contributed by atoms with E-state index in [0.717, 1.165) is 53.9 Å². The van der Waals surface area contributed by atoms with Gasteiger partial charge in [0, 0.05) is 31.5 Å². The van der Waals surface area contributed by atoms with E-state index in [9.17, 15) is 9.59 Å². The van der Waals surface area contributed by atoms with E-state index >= 15 is 4.39 Å². The molecule has 0 saturated carbocycles. The molecular weight excluding hydrogens is 674 g/mol. The van der Waals surface area contributed by atoms with Crippen molar-refractivity contribution in [1.82, 2.24) is 13.8 Å². The first-order chi connectivity index (χ1) is 24.4. The van der Waals surface area contributed by atoms with Crippen LogP contribution in [0.3, 0.4) is 0 Å². The lowest BCUT2D eigenvalue weighted by molar-refractivity contribution is -0.226. The Morgan fingerprint density at radius 1 is 1.00 bits per heavy atom. The van der Waals surface area contributed by atoms with Gasteiger partial charge in [0.05, 0.1) is 31.9 Å². The summed E-state index contributed by atoms with van der Waals surface area (Å²) in [6.07, 6.45) is 14.5. The number of rotatable bonds is 22. The van der Waals surface area contributed by atoms with Gasteiger partial charge in [0.25, 0.3) is 14.1 Å². The lowest BCUT2D eigenvalue weighted by atomic mass is 10.1. The van der Waals surface area contributed by atoms with E-state index < -0.39 is 55.9 Å². The van der Waals surface area contributed by atoms with Gasteiger partial charge in [-0.15, -0.1) is 0 Å². The fourth-order valence-corrected chi connectivity index (χ4v) is 8.17. The van der Waals surface area contributed by atoms with Gasteiger partial charge in [-0.2, -0.15) is 9.65 Å². The van der Waals surface area contributed by atoms with Gasteiger partial charge in [-0.3, -0.25) is 13.9 Å². The topological polar surface area (TPSA) is 117 Å². The van der Waals surface area contributed by atoms with Gasteiger partial charge in [-0.1, -0.05) is 62.6 Å². The third kappa shape index (κ3) is 12.0. The highest BCUT2D eigenvalue weighted by Crippen LogP contribution is 2.50. The number of hydrogen-bond donors (Lipinski definition) is 0. The number of aromatic nitrogens is 2. The third-order valence-corrected chi connectivity index (χ3v) is 10.8. The molecule has 1 aromatic rings. The number of nitrogens with zero attached hydrogens (tertiary/aromatic N) is 4. The molecular formula is C38H60FN4O7P. The van der Waals surface area contributed by atoms with Gasteiger partial charge in [0.1, 0.15) is 18.3 Å². The van der Waals surface area contributed by atoms with Crippen molar-refractivity contribution in [3.05, 3.63) is 68.8 Å². The highest BCUT2D eigenvalue weighted by molar-refractivity contribution is 7.44. The number of hydrogen-bond acceptors (Lipinski definition) is 9. The number of nitriles is 1. The molecule has 2 aliphatic rings. The summed E-state index contributed by atoms with van der Waals surface area (Å²) in [5, 5.41) is 9.11. The zero-order valence-electron chi connectivity index (χ0n) is 31.9. The fraction of sp³-hybridized carbons (Fsp3) is 0.711. The van der Waals surface area contributed by atoms with E-state index in [-0.39, 0.29) is 38.3 Å². The van der Waals surface area contributed by atoms with Gasteiger partial charge in [-0.25, -0.2) is 9.46 Å². The zero-order valence-corrected chi connectivity index (χ0v) is 32.8. The minimum absolute atomic E-state index is 0.0482. The van der Waals surface area contributed by atoms with Crippen LogP contribution in [0.1, 0.15) is 119 Å². The molecule has 3 heterocycles. The maximum absolute atomic E-state index is 15.3.